The van der Waals surface area contributed by atoms with Gasteiger partial charge in [-0.05, 0) is 20.8 Å². The fraction of sp³-hybridized carbons (Fsp3) is 0.875. The number of hydrogen-bond donors (Lipinski definition) is 0. The molecule has 0 aromatic heterocycles. The van der Waals surface area contributed by atoms with Crippen LogP contribution < -0.4 is 0 Å². The predicted molar refractivity (Wildman–Crippen MR) is 51.9 cm³/mol. The first kappa shape index (κ1) is 13.5. The topological polar surface area (TPSA) is 20.3 Å². The van der Waals surface area contributed by atoms with Gasteiger partial charge >= 0.3 is 12.1 Å². The summed E-state index contributed by atoms with van der Waals surface area (Å²) in [4.78, 5) is 11.9. The molecule has 0 spiro atoms. The van der Waals surface area contributed by atoms with Crippen LogP contribution in [0.3, 0.4) is 0 Å². The van der Waals surface area contributed by atoms with Crippen LogP contribution >= 0.6 is 0 Å². The van der Waals surface area contributed by atoms with E-state index in [1.54, 1.807) is 20.8 Å². The normalized spacial score (nSPS) is 13.6. The molecular formula is C8H16F3NOSi. The van der Waals surface area contributed by atoms with Crippen molar-refractivity contribution in [3.63, 3.8) is 0 Å². The Hall–Kier alpha value is -0.523. The van der Waals surface area contributed by atoms with Crippen molar-refractivity contribution in [2.75, 3.05) is 6.17 Å². The molecule has 0 saturated carbocycles. The van der Waals surface area contributed by atoms with E-state index < -0.39 is 27.1 Å². The number of rotatable bonds is 2. The fourth-order valence-electron chi connectivity index (χ4n) is 1.12. The molecule has 0 aliphatic heterocycles. The second-order valence-electron chi connectivity index (χ2n) is 4.13. The molecule has 6 heteroatoms. The lowest BCUT2D eigenvalue weighted by Crippen LogP contribution is -2.52. The molecule has 0 radical (unpaired) electrons. The van der Waals surface area contributed by atoms with Crippen molar-refractivity contribution in [2.45, 2.75) is 39.0 Å². The third-order valence-corrected chi connectivity index (χ3v) is 2.64. The highest BCUT2D eigenvalue weighted by Gasteiger charge is 2.45. The molecule has 0 bridgehead atoms. The quantitative estimate of drug-likeness (QED) is 0.652. The summed E-state index contributed by atoms with van der Waals surface area (Å²) in [6.45, 7) is 6.71. The molecular weight excluding hydrogens is 211 g/mol. The zero-order chi connectivity index (χ0) is 11.6. The number of alkyl halides is 3. The molecule has 0 aromatic rings. The maximum absolute atomic E-state index is 12.2. The van der Waals surface area contributed by atoms with E-state index >= 15 is 0 Å². The van der Waals surface area contributed by atoms with E-state index in [-0.39, 0.29) is 6.17 Å². The minimum atomic E-state index is -4.75. The summed E-state index contributed by atoms with van der Waals surface area (Å²) in [5, 5.41) is 0. The van der Waals surface area contributed by atoms with Crippen LogP contribution in [0.15, 0.2) is 0 Å². The molecule has 0 saturated heterocycles. The summed E-state index contributed by atoms with van der Waals surface area (Å²) < 4.78 is 36.5. The van der Waals surface area contributed by atoms with E-state index in [9.17, 15) is 18.0 Å². The summed E-state index contributed by atoms with van der Waals surface area (Å²) >= 11 is 0. The molecule has 0 rings (SSSR count). The van der Waals surface area contributed by atoms with E-state index in [1.165, 1.54) is 0 Å². The molecule has 0 unspecified atom stereocenters. The maximum Gasteiger partial charge on any atom is 0.471 e. The second-order valence-corrected chi connectivity index (χ2v) is 5.57. The minimum Gasteiger partial charge on any atom is -0.334 e. The Morgan fingerprint density at radius 1 is 1.29 bits per heavy atom. The molecule has 84 valence electrons. The average Bonchev–Trinajstić information content (AvgIpc) is 1.94. The second kappa shape index (κ2) is 4.33. The van der Waals surface area contributed by atoms with Crippen molar-refractivity contribution in [1.29, 1.82) is 0 Å². The molecule has 1 amide bonds. The van der Waals surface area contributed by atoms with Gasteiger partial charge in [0.1, 0.15) is 0 Å². The highest BCUT2D eigenvalue weighted by atomic mass is 28.2. The lowest BCUT2D eigenvalue weighted by molar-refractivity contribution is -0.189. The highest BCUT2D eigenvalue weighted by molar-refractivity contribution is 6.34. The Bertz CT molecular complexity index is 210. The number of halogens is 3. The van der Waals surface area contributed by atoms with Gasteiger partial charge < -0.3 is 4.90 Å². The Labute approximate surface area is 84.3 Å². The van der Waals surface area contributed by atoms with Crippen LogP contribution in [0.5, 0.6) is 0 Å². The van der Waals surface area contributed by atoms with Gasteiger partial charge in [0, 0.05) is 21.2 Å². The monoisotopic (exact) mass is 227 g/mol. The maximum atomic E-state index is 12.2. The van der Waals surface area contributed by atoms with Crippen LogP contribution in [0.4, 0.5) is 13.2 Å². The summed E-state index contributed by atoms with van der Waals surface area (Å²) in [6.07, 6.45) is -4.49. The zero-order valence-electron chi connectivity index (χ0n) is 8.90. The highest BCUT2D eigenvalue weighted by Crippen LogP contribution is 2.23. The Morgan fingerprint density at radius 2 is 1.71 bits per heavy atom. The van der Waals surface area contributed by atoms with Gasteiger partial charge in [-0.2, -0.15) is 13.2 Å². The van der Waals surface area contributed by atoms with Crippen LogP contribution in [0.25, 0.3) is 0 Å². The minimum absolute atomic E-state index is 0.266. The Kier molecular flexibility index (Phi) is 4.17. The molecule has 14 heavy (non-hydrogen) atoms. The third-order valence-electron chi connectivity index (χ3n) is 1.74. The number of amides is 1. The van der Waals surface area contributed by atoms with Gasteiger partial charge in [-0.3, -0.25) is 4.79 Å². The third kappa shape index (κ3) is 3.69. The van der Waals surface area contributed by atoms with Crippen LogP contribution in [-0.4, -0.2) is 38.2 Å². The summed E-state index contributed by atoms with van der Waals surface area (Å²) in [7, 11) is -0.609. The Morgan fingerprint density at radius 3 is 1.93 bits per heavy atom. The number of carbonyl (C=O) groups is 1. The van der Waals surface area contributed by atoms with Crippen LogP contribution in [-0.2, 0) is 4.79 Å². The summed E-state index contributed by atoms with van der Waals surface area (Å²) in [6, 6.07) is 0. The number of nitrogens with zero attached hydrogens (tertiary/aromatic N) is 1. The SMILES string of the molecule is C[SiH2]CN(C(=O)C(F)(F)F)C(C)(C)C. The van der Waals surface area contributed by atoms with Gasteiger partial charge in [0.15, 0.2) is 0 Å². The van der Waals surface area contributed by atoms with Gasteiger partial charge in [0.25, 0.3) is 0 Å². The van der Waals surface area contributed by atoms with Gasteiger partial charge in [-0.1, -0.05) is 6.55 Å². The summed E-state index contributed by atoms with van der Waals surface area (Å²) in [5.41, 5.74) is -0.754. The van der Waals surface area contributed by atoms with Crippen molar-refractivity contribution in [3.8, 4) is 0 Å². The number of carbonyl (C=O) groups excluding carboxylic acids is 1. The lowest BCUT2D eigenvalue weighted by Gasteiger charge is -2.35. The molecule has 0 atom stereocenters. The molecule has 0 aliphatic rings. The van der Waals surface area contributed by atoms with Crippen LogP contribution in [0.1, 0.15) is 20.8 Å². The van der Waals surface area contributed by atoms with Crippen molar-refractivity contribution in [1.82, 2.24) is 4.90 Å². The molecule has 0 heterocycles. The number of hydrogen-bond acceptors (Lipinski definition) is 1. The molecule has 2 nitrogen and oxygen atoms in total. The molecule has 0 N–H and O–H groups in total. The first-order valence-electron chi connectivity index (χ1n) is 4.49. The largest absolute Gasteiger partial charge is 0.471 e. The van der Waals surface area contributed by atoms with Crippen molar-refractivity contribution in [3.05, 3.63) is 0 Å². The van der Waals surface area contributed by atoms with Gasteiger partial charge in [0.2, 0.25) is 0 Å². The lowest BCUT2D eigenvalue weighted by atomic mass is 10.1. The van der Waals surface area contributed by atoms with Gasteiger partial charge in [-0.15, -0.1) is 0 Å². The molecule has 0 fully saturated rings. The van der Waals surface area contributed by atoms with Gasteiger partial charge in [-0.25, -0.2) is 0 Å². The average molecular weight is 227 g/mol. The first-order valence-corrected chi connectivity index (χ1v) is 6.91. The van der Waals surface area contributed by atoms with Crippen LogP contribution in [0, 0.1) is 0 Å². The van der Waals surface area contributed by atoms with Crippen LogP contribution in [0.2, 0.25) is 6.55 Å². The smallest absolute Gasteiger partial charge is 0.334 e. The van der Waals surface area contributed by atoms with E-state index in [2.05, 4.69) is 0 Å². The van der Waals surface area contributed by atoms with Crippen molar-refractivity contribution >= 4 is 15.4 Å². The Balaban J connectivity index is 4.77. The van der Waals surface area contributed by atoms with Gasteiger partial charge in [0.05, 0.1) is 0 Å². The first-order chi connectivity index (χ1) is 6.10. The van der Waals surface area contributed by atoms with E-state index in [0.29, 0.717) is 0 Å². The van der Waals surface area contributed by atoms with E-state index in [4.69, 9.17) is 0 Å². The van der Waals surface area contributed by atoms with Crippen molar-refractivity contribution < 1.29 is 18.0 Å². The molecule has 0 aliphatic carbocycles. The fourth-order valence-corrected chi connectivity index (χ4v) is 2.44. The van der Waals surface area contributed by atoms with Crippen molar-refractivity contribution in [2.24, 2.45) is 0 Å². The van der Waals surface area contributed by atoms with E-state index in [0.717, 1.165) is 4.90 Å². The molecule has 0 aromatic carbocycles. The van der Waals surface area contributed by atoms with E-state index in [1.807, 2.05) is 6.55 Å². The summed E-state index contributed by atoms with van der Waals surface area (Å²) in [5.74, 6) is -1.72. The predicted octanol–water partition coefficient (Wildman–Crippen LogP) is 1.35. The standard InChI is InChI=1S/C8H16F3NOSi/c1-7(2,3)12(5-14-4)6(13)8(9,10)11/h5,14H2,1-4H3. The zero-order valence-corrected chi connectivity index (χ0v) is 10.3.